The van der Waals surface area contributed by atoms with Crippen molar-refractivity contribution in [1.29, 1.82) is 0 Å². The van der Waals surface area contributed by atoms with Crippen molar-refractivity contribution in [2.75, 3.05) is 0 Å². The molecule has 194 valence electrons. The molecule has 7 aromatic rings. The highest BCUT2D eigenvalue weighted by Crippen LogP contribution is 2.58. The number of thiophene rings is 1. The molecule has 2 aliphatic heterocycles. The van der Waals surface area contributed by atoms with E-state index in [0.29, 0.717) is 28.3 Å². The lowest BCUT2D eigenvalue weighted by Gasteiger charge is -2.34. The summed E-state index contributed by atoms with van der Waals surface area (Å²) < 4.78 is 30.4. The van der Waals surface area contributed by atoms with E-state index in [0.717, 1.165) is 21.7 Å². The molecule has 3 nitrogen and oxygen atoms in total. The highest BCUT2D eigenvalue weighted by molar-refractivity contribution is 7.86. The maximum atomic E-state index is 15.0. The van der Waals surface area contributed by atoms with E-state index in [1.807, 2.05) is 72.0 Å². The monoisotopic (exact) mass is 564 g/mol. The minimum absolute atomic E-state index is 0.591. The Morgan fingerprint density at radius 1 is 0.512 bits per heavy atom. The van der Waals surface area contributed by atoms with E-state index in [1.54, 1.807) is 0 Å². The molecule has 41 heavy (non-hydrogen) atoms. The van der Waals surface area contributed by atoms with Crippen molar-refractivity contribution in [2.45, 2.75) is 0 Å². The number of benzene rings is 6. The van der Waals surface area contributed by atoms with Crippen LogP contribution in [-0.4, -0.2) is 0 Å². The third kappa shape index (κ3) is 3.23. The largest absolute Gasteiger partial charge is 0.456 e. The molecule has 0 aliphatic carbocycles. The molecule has 0 radical (unpaired) electrons. The Morgan fingerprint density at radius 3 is 1.80 bits per heavy atom. The highest BCUT2D eigenvalue weighted by Gasteiger charge is 2.46. The first-order valence-corrected chi connectivity index (χ1v) is 16.1. The van der Waals surface area contributed by atoms with Crippen molar-refractivity contribution >= 4 is 54.6 Å². The molecule has 0 saturated heterocycles. The van der Waals surface area contributed by atoms with Crippen LogP contribution >= 0.6 is 18.5 Å². The summed E-state index contributed by atoms with van der Waals surface area (Å²) in [5, 5.41) is 4.68. The van der Waals surface area contributed by atoms with E-state index < -0.39 is 7.14 Å². The number of hydrogen-bond acceptors (Lipinski definition) is 4. The summed E-state index contributed by atoms with van der Waals surface area (Å²) in [4.78, 5) is 0. The van der Waals surface area contributed by atoms with Crippen LogP contribution in [0.25, 0.3) is 42.4 Å². The average molecular weight is 565 g/mol. The molecule has 0 amide bonds. The van der Waals surface area contributed by atoms with Gasteiger partial charge in [0.15, 0.2) is 7.14 Å². The highest BCUT2D eigenvalue weighted by atomic mass is 32.1. The smallest absolute Gasteiger partial charge is 0.185 e. The van der Waals surface area contributed by atoms with Crippen LogP contribution in [0, 0.1) is 0 Å². The molecule has 0 N–H and O–H groups in total. The third-order valence-corrected chi connectivity index (χ3v) is 12.5. The Balaban J connectivity index is 1.18. The first kappa shape index (κ1) is 23.1. The van der Waals surface area contributed by atoms with Crippen LogP contribution in [0.4, 0.5) is 0 Å². The summed E-state index contributed by atoms with van der Waals surface area (Å²) in [5.41, 5.74) is 4.40. The molecule has 0 fully saturated rings. The van der Waals surface area contributed by atoms with Gasteiger partial charge >= 0.3 is 0 Å². The number of fused-ring (bicyclic) bond motifs is 7. The number of ether oxygens (including phenoxy) is 2. The van der Waals surface area contributed by atoms with Gasteiger partial charge in [-0.15, -0.1) is 11.3 Å². The maximum absolute atomic E-state index is 15.0. The van der Waals surface area contributed by atoms with Gasteiger partial charge in [-0.05, 0) is 64.7 Å². The molecule has 0 atom stereocenters. The Labute approximate surface area is 240 Å². The summed E-state index contributed by atoms with van der Waals surface area (Å²) >= 11 is 1.84. The topological polar surface area (TPSA) is 35.5 Å². The van der Waals surface area contributed by atoms with Crippen LogP contribution in [0.2, 0.25) is 0 Å². The Morgan fingerprint density at radius 2 is 1.10 bits per heavy atom. The van der Waals surface area contributed by atoms with E-state index in [2.05, 4.69) is 66.7 Å². The second-order valence-corrected chi connectivity index (χ2v) is 14.1. The van der Waals surface area contributed by atoms with Crippen molar-refractivity contribution in [3.63, 3.8) is 0 Å². The van der Waals surface area contributed by atoms with Gasteiger partial charge in [0.2, 0.25) is 0 Å². The van der Waals surface area contributed by atoms with Gasteiger partial charge in [-0.25, -0.2) is 0 Å². The second-order valence-electron chi connectivity index (χ2n) is 10.4. The van der Waals surface area contributed by atoms with Crippen LogP contribution in [-0.2, 0) is 4.57 Å². The number of para-hydroxylation sites is 2. The quantitative estimate of drug-likeness (QED) is 0.196. The minimum Gasteiger partial charge on any atom is -0.456 e. The molecule has 5 heteroatoms. The molecule has 0 spiro atoms. The molecule has 2 aliphatic rings. The fourth-order valence-corrected chi connectivity index (χ4v) is 10.5. The van der Waals surface area contributed by atoms with Crippen LogP contribution in [0.5, 0.6) is 23.0 Å². The van der Waals surface area contributed by atoms with Crippen molar-refractivity contribution in [1.82, 2.24) is 0 Å². The van der Waals surface area contributed by atoms with Gasteiger partial charge in [-0.3, -0.25) is 0 Å². The van der Waals surface area contributed by atoms with Gasteiger partial charge in [0.05, 0.1) is 10.6 Å². The molecule has 1 aromatic heterocycles. The van der Waals surface area contributed by atoms with Gasteiger partial charge in [-0.1, -0.05) is 84.9 Å². The summed E-state index contributed by atoms with van der Waals surface area (Å²) in [6.07, 6.45) is 0. The van der Waals surface area contributed by atoms with E-state index in [-0.39, 0.29) is 0 Å². The van der Waals surface area contributed by atoms with Crippen LogP contribution in [0.15, 0.2) is 127 Å². The molecular formula is C36H21O3PS. The van der Waals surface area contributed by atoms with Crippen LogP contribution in [0.1, 0.15) is 0 Å². The predicted molar refractivity (Wildman–Crippen MR) is 170 cm³/mol. The summed E-state index contributed by atoms with van der Waals surface area (Å²) in [7, 11) is -3.16. The van der Waals surface area contributed by atoms with Gasteiger partial charge in [0.25, 0.3) is 0 Å². The third-order valence-electron chi connectivity index (χ3n) is 8.14. The SMILES string of the molecule is O=P12c3ccccc3Oc3cc(-c4ccc(-c5cccc6c5sc5ccccc56)cc4)cc(c31)Oc1ccccc12. The Kier molecular flexibility index (Phi) is 4.76. The molecule has 6 aromatic carbocycles. The molecule has 0 unspecified atom stereocenters. The number of rotatable bonds is 2. The second kappa shape index (κ2) is 8.44. The molecule has 9 rings (SSSR count). The lowest BCUT2D eigenvalue weighted by Crippen LogP contribution is -2.35. The molecule has 0 saturated carbocycles. The normalized spacial score (nSPS) is 14.0. The van der Waals surface area contributed by atoms with Gasteiger partial charge in [0.1, 0.15) is 28.3 Å². The van der Waals surface area contributed by atoms with Gasteiger partial charge < -0.3 is 14.0 Å². The molecule has 3 heterocycles. The van der Waals surface area contributed by atoms with Crippen LogP contribution in [0.3, 0.4) is 0 Å². The first-order chi connectivity index (χ1) is 20.2. The van der Waals surface area contributed by atoms with E-state index in [4.69, 9.17) is 9.47 Å². The summed E-state index contributed by atoms with van der Waals surface area (Å²) in [5.74, 6) is 2.45. The Hall–Kier alpha value is -4.63. The van der Waals surface area contributed by atoms with Gasteiger partial charge in [0, 0.05) is 20.2 Å². The maximum Gasteiger partial charge on any atom is 0.185 e. The van der Waals surface area contributed by atoms with E-state index in [1.165, 1.54) is 31.3 Å². The standard InChI is InChI=1S/C36H21O3PS/c37-40-32-13-4-2-11-28(32)38-30-20-24(21-31(35(30)40)39-29-12-3-5-14-33(29)40)22-16-18-23(19-17-22)25-9-7-10-27-26-8-1-6-15-34(26)41-36(25)27/h1-21H. The van der Waals surface area contributed by atoms with Gasteiger partial charge in [-0.2, -0.15) is 0 Å². The zero-order chi connectivity index (χ0) is 27.1. The van der Waals surface area contributed by atoms with Crippen molar-refractivity contribution < 1.29 is 14.0 Å². The lowest BCUT2D eigenvalue weighted by molar-refractivity contribution is 0.462. The molecule has 0 bridgehead atoms. The predicted octanol–water partition coefficient (Wildman–Crippen LogP) is 9.24. The zero-order valence-corrected chi connectivity index (χ0v) is 23.4. The summed E-state index contributed by atoms with van der Waals surface area (Å²) in [6.45, 7) is 0. The lowest BCUT2D eigenvalue weighted by atomic mass is 9.98. The minimum atomic E-state index is -3.16. The average Bonchev–Trinajstić information content (AvgIpc) is 3.40. The summed E-state index contributed by atoms with van der Waals surface area (Å²) in [6, 6.07) is 43.1. The fraction of sp³-hybridized carbons (Fsp3) is 0. The zero-order valence-electron chi connectivity index (χ0n) is 21.7. The van der Waals surface area contributed by atoms with Crippen LogP contribution < -0.4 is 25.4 Å². The Bertz CT molecular complexity index is 2170. The first-order valence-electron chi connectivity index (χ1n) is 13.5. The van der Waals surface area contributed by atoms with E-state index >= 15 is 4.57 Å². The van der Waals surface area contributed by atoms with Crippen molar-refractivity contribution in [3.8, 4) is 45.3 Å². The van der Waals surface area contributed by atoms with Crippen molar-refractivity contribution in [2.24, 2.45) is 0 Å². The van der Waals surface area contributed by atoms with E-state index in [9.17, 15) is 0 Å². The van der Waals surface area contributed by atoms with Crippen molar-refractivity contribution in [3.05, 3.63) is 127 Å². The molecular weight excluding hydrogens is 543 g/mol. The fourth-order valence-electron chi connectivity index (χ4n) is 6.25. The number of hydrogen-bond donors (Lipinski definition) is 0.